The van der Waals surface area contributed by atoms with E-state index in [2.05, 4.69) is 28.0 Å². The van der Waals surface area contributed by atoms with Crippen molar-refractivity contribution in [2.45, 2.75) is 12.4 Å². The van der Waals surface area contributed by atoms with E-state index in [1.807, 2.05) is 0 Å². The van der Waals surface area contributed by atoms with Crippen LogP contribution >= 0.6 is 12.6 Å². The zero-order chi connectivity index (χ0) is 13.8. The summed E-state index contributed by atoms with van der Waals surface area (Å²) in [6.07, 6.45) is 0. The van der Waals surface area contributed by atoms with Gasteiger partial charge in [-0.05, 0) is 30.2 Å². The second kappa shape index (κ2) is 8.58. The molecule has 0 aliphatic heterocycles. The largest absolute Gasteiger partial charge is 1.00 e. The maximum atomic E-state index is 11.9. The minimum Gasteiger partial charge on any atom is -0.748 e. The summed E-state index contributed by atoms with van der Waals surface area (Å²) in [6.45, 7) is 2.14. The first-order chi connectivity index (χ1) is 8.35. The second-order valence-corrected chi connectivity index (χ2v) is 5.85. The molecule has 2 atom stereocenters. The van der Waals surface area contributed by atoms with Gasteiger partial charge in [0.15, 0.2) is 5.44 Å². The van der Waals surface area contributed by atoms with Crippen LogP contribution in [0.2, 0.25) is 0 Å². The molecule has 9 heteroatoms. The summed E-state index contributed by atoms with van der Waals surface area (Å²) >= 11 is 7.80. The van der Waals surface area contributed by atoms with Crippen molar-refractivity contribution in [3.63, 3.8) is 0 Å². The molecular weight excluding hydrogens is 319 g/mol. The molecule has 2 unspecified atom stereocenters. The fourth-order valence-corrected chi connectivity index (χ4v) is 2.44. The van der Waals surface area contributed by atoms with Gasteiger partial charge in [0.25, 0.3) is 0 Å². The van der Waals surface area contributed by atoms with Gasteiger partial charge in [0.1, 0.15) is 5.75 Å². The predicted octanol–water partition coefficient (Wildman–Crippen LogP) is -1.66. The topological polar surface area (TPSA) is 75.7 Å². The molecule has 0 N–H and O–H groups in total. The fourth-order valence-electron chi connectivity index (χ4n) is 1.24. The minimum absolute atomic E-state index is 0. The summed E-state index contributed by atoms with van der Waals surface area (Å²) in [7, 11) is -4.16. The monoisotopic (exact) mass is 330 g/mol. The number of carbonyl (C=O) groups is 1. The van der Waals surface area contributed by atoms with Crippen LogP contribution in [0.4, 0.5) is 0 Å². The van der Waals surface area contributed by atoms with E-state index in [-0.39, 0.29) is 35.1 Å². The number of para-hydroxylation sites is 1. The summed E-state index contributed by atoms with van der Waals surface area (Å²) in [5, 5.41) is 0. The van der Waals surface area contributed by atoms with Gasteiger partial charge >= 0.3 is 29.6 Å². The van der Waals surface area contributed by atoms with Crippen LogP contribution in [0.5, 0.6) is 5.75 Å². The van der Waals surface area contributed by atoms with Crippen LogP contribution in [-0.2, 0) is 24.4 Å². The van der Waals surface area contributed by atoms with Crippen LogP contribution in [0.15, 0.2) is 24.3 Å². The molecule has 0 amide bonds. The Kier molecular flexibility index (Phi) is 8.73. The molecule has 0 bridgehead atoms. The van der Waals surface area contributed by atoms with Gasteiger partial charge in [0.05, 0.1) is 21.2 Å². The molecular formula is C10H11NaO5S3. The van der Waals surface area contributed by atoms with E-state index in [4.69, 9.17) is 4.74 Å². The van der Waals surface area contributed by atoms with Gasteiger partial charge in [-0.1, -0.05) is 12.1 Å². The van der Waals surface area contributed by atoms with Crippen molar-refractivity contribution in [1.29, 1.82) is 0 Å². The molecule has 0 heterocycles. The number of Topliss-reactive ketones (excluding diaryl/α,β-unsaturated/α-hetero) is 1. The van der Waals surface area contributed by atoms with Gasteiger partial charge in [0.2, 0.25) is 5.78 Å². The zero-order valence-electron chi connectivity index (χ0n) is 10.4. The number of thiol groups is 1. The smallest absolute Gasteiger partial charge is 0.748 e. The van der Waals surface area contributed by atoms with Crippen molar-refractivity contribution in [3.05, 3.63) is 29.8 Å². The molecule has 1 aromatic carbocycles. The van der Waals surface area contributed by atoms with Crippen molar-refractivity contribution in [2.75, 3.05) is 6.61 Å². The van der Waals surface area contributed by atoms with E-state index in [1.54, 1.807) is 25.1 Å². The first-order valence-electron chi connectivity index (χ1n) is 4.93. The molecule has 0 aromatic heterocycles. The molecule has 0 aliphatic rings. The van der Waals surface area contributed by atoms with Crippen molar-refractivity contribution < 1.29 is 52.0 Å². The Morgan fingerprint density at radius 1 is 1.53 bits per heavy atom. The summed E-state index contributed by atoms with van der Waals surface area (Å²) < 4.78 is 31.1. The summed E-state index contributed by atoms with van der Waals surface area (Å²) in [5.41, 5.74) is -1.29. The van der Waals surface area contributed by atoms with Crippen molar-refractivity contribution >= 4 is 38.7 Å². The maximum Gasteiger partial charge on any atom is 1.00 e. The fraction of sp³-hybridized carbons (Fsp3) is 0.300. The Labute approximate surface area is 144 Å². The summed E-state index contributed by atoms with van der Waals surface area (Å²) in [4.78, 5) is 11.9. The third-order valence-electron chi connectivity index (χ3n) is 1.89. The Morgan fingerprint density at radius 2 is 2.11 bits per heavy atom. The summed E-state index contributed by atoms with van der Waals surface area (Å²) in [6, 6.07) is 6.41. The van der Waals surface area contributed by atoms with Gasteiger partial charge in [-0.25, -0.2) is 4.21 Å². The van der Waals surface area contributed by atoms with E-state index < -0.39 is 20.3 Å². The number of carbonyl (C=O) groups excluding carboxylic acids is 1. The van der Waals surface area contributed by atoms with Gasteiger partial charge in [-0.2, -0.15) is 0 Å². The van der Waals surface area contributed by atoms with Crippen LogP contribution in [0.25, 0.3) is 0 Å². The molecule has 19 heavy (non-hydrogen) atoms. The predicted molar refractivity (Wildman–Crippen MR) is 72.1 cm³/mol. The van der Waals surface area contributed by atoms with Gasteiger partial charge in [-0.15, -0.1) is 12.6 Å². The third kappa shape index (κ3) is 6.54. The van der Waals surface area contributed by atoms with Crippen LogP contribution in [0.3, 0.4) is 0 Å². The number of ether oxygens (including phenoxy) is 1. The Hall–Kier alpha value is 0.330. The van der Waals surface area contributed by atoms with E-state index >= 15 is 0 Å². The third-order valence-corrected chi connectivity index (χ3v) is 3.03. The van der Waals surface area contributed by atoms with E-state index in [0.29, 0.717) is 12.4 Å². The van der Waals surface area contributed by atoms with Crippen LogP contribution in [0, 0.1) is 0 Å². The number of hydrogen-bond acceptors (Lipinski definition) is 7. The minimum atomic E-state index is -4.16. The standard InChI is InChI=1S/C10H12O5S3.Na/c1-2-14-8-6-4-3-5-7(8)9(11)10(16)15-18(12,13)17;/h3-6,10,16H,2H2,1H3,(H,12,13,17);/q;+1/p-1. The first-order valence-corrected chi connectivity index (χ1v) is 7.78. The van der Waals surface area contributed by atoms with E-state index in [1.165, 1.54) is 6.07 Å². The molecule has 0 fully saturated rings. The molecule has 0 aliphatic carbocycles. The van der Waals surface area contributed by atoms with E-state index in [0.717, 1.165) is 0 Å². The van der Waals surface area contributed by atoms with Crippen LogP contribution in [0.1, 0.15) is 17.3 Å². The van der Waals surface area contributed by atoms with Gasteiger partial charge in [-0.3, -0.25) is 8.98 Å². The SMILES string of the molecule is CCOc1ccccc1C(=O)C(S)OS(=O)([O-])=S.[Na+]. The average molecular weight is 330 g/mol. The van der Waals surface area contributed by atoms with Crippen molar-refractivity contribution in [1.82, 2.24) is 0 Å². The first kappa shape index (κ1) is 19.3. The molecule has 0 radical (unpaired) electrons. The second-order valence-electron chi connectivity index (χ2n) is 3.15. The quantitative estimate of drug-likeness (QED) is 0.291. The molecule has 0 saturated carbocycles. The molecule has 1 rings (SSSR count). The molecule has 5 nitrogen and oxygen atoms in total. The van der Waals surface area contributed by atoms with Crippen molar-refractivity contribution in [3.8, 4) is 5.75 Å². The zero-order valence-corrected chi connectivity index (χ0v) is 14.9. The summed E-state index contributed by atoms with van der Waals surface area (Å²) in [5.74, 6) is -0.287. The number of ketones is 1. The van der Waals surface area contributed by atoms with Gasteiger partial charge < -0.3 is 9.29 Å². The van der Waals surface area contributed by atoms with Crippen LogP contribution in [-0.4, -0.2) is 26.6 Å². The Bertz CT molecular complexity index is 532. The molecule has 1 aromatic rings. The maximum absolute atomic E-state index is 11.9. The van der Waals surface area contributed by atoms with E-state index in [9.17, 15) is 13.6 Å². The number of benzene rings is 1. The normalized spacial score (nSPS) is 14.9. The average Bonchev–Trinajstić information content (AvgIpc) is 2.27. The molecule has 0 spiro atoms. The molecule has 0 saturated heterocycles. The van der Waals surface area contributed by atoms with Crippen molar-refractivity contribution in [2.24, 2.45) is 0 Å². The number of rotatable bonds is 6. The Balaban J connectivity index is 0.00000324. The van der Waals surface area contributed by atoms with Gasteiger partial charge in [0, 0.05) is 0 Å². The Morgan fingerprint density at radius 3 is 2.63 bits per heavy atom. The molecule has 100 valence electrons. The number of hydrogen-bond donors (Lipinski definition) is 1. The van der Waals surface area contributed by atoms with Crippen LogP contribution < -0.4 is 34.3 Å².